The minimum absolute atomic E-state index is 0.188. The number of nitrogens with one attached hydrogen (secondary N) is 3. The summed E-state index contributed by atoms with van der Waals surface area (Å²) < 4.78 is 0. The van der Waals surface area contributed by atoms with Gasteiger partial charge in [-0.2, -0.15) is 4.98 Å². The van der Waals surface area contributed by atoms with E-state index in [4.69, 9.17) is 0 Å². The molecule has 0 radical (unpaired) electrons. The number of rotatable bonds is 6. The summed E-state index contributed by atoms with van der Waals surface area (Å²) in [5.74, 6) is 1.02. The molecule has 1 saturated heterocycles. The van der Waals surface area contributed by atoms with Gasteiger partial charge in [0.1, 0.15) is 5.69 Å². The Morgan fingerprint density at radius 3 is 2.38 bits per heavy atom. The van der Waals surface area contributed by atoms with Crippen LogP contribution in [-0.2, 0) is 0 Å². The molecule has 2 aromatic rings. The minimum atomic E-state index is 0.188. The van der Waals surface area contributed by atoms with E-state index < -0.39 is 0 Å². The van der Waals surface area contributed by atoms with Crippen molar-refractivity contribution in [2.45, 2.75) is 19.9 Å². The topological polar surface area (TPSA) is 88.6 Å². The van der Waals surface area contributed by atoms with E-state index >= 15 is 0 Å². The molecule has 0 unspecified atom stereocenters. The molecule has 0 bridgehead atoms. The molecule has 0 atom stereocenters. The van der Waals surface area contributed by atoms with Crippen LogP contribution in [0.1, 0.15) is 13.8 Å². The summed E-state index contributed by atoms with van der Waals surface area (Å²) in [5.41, 5.74) is 4.70. The third kappa shape index (κ3) is 4.53. The molecule has 1 aromatic heterocycles. The zero-order chi connectivity index (χ0) is 18.5. The van der Waals surface area contributed by atoms with E-state index in [-0.39, 0.29) is 6.04 Å². The van der Waals surface area contributed by atoms with Crippen molar-refractivity contribution >= 4 is 28.8 Å². The molecule has 1 fully saturated rings. The third-order valence-corrected chi connectivity index (χ3v) is 4.33. The van der Waals surface area contributed by atoms with Gasteiger partial charge in [-0.05, 0) is 45.2 Å². The quantitative estimate of drug-likeness (QED) is 0.587. The first-order valence-corrected chi connectivity index (χ1v) is 8.89. The number of piperazine rings is 1. The maximum Gasteiger partial charge on any atom is 0.229 e. The van der Waals surface area contributed by atoms with Crippen LogP contribution in [0.5, 0.6) is 0 Å². The zero-order valence-electron chi connectivity index (χ0n) is 15.5. The molecule has 8 heteroatoms. The number of nitrogens with zero attached hydrogens (tertiary/aromatic N) is 4. The lowest BCUT2D eigenvalue weighted by Crippen LogP contribution is -2.44. The molecule has 0 saturated carbocycles. The van der Waals surface area contributed by atoms with Crippen LogP contribution < -0.4 is 21.0 Å². The highest BCUT2D eigenvalue weighted by atomic mass is 16.5. The van der Waals surface area contributed by atoms with Crippen LogP contribution >= 0.6 is 0 Å². The van der Waals surface area contributed by atoms with Gasteiger partial charge in [0.15, 0.2) is 5.82 Å². The smallest absolute Gasteiger partial charge is 0.229 e. The van der Waals surface area contributed by atoms with Crippen LogP contribution in [0.15, 0.2) is 30.5 Å². The van der Waals surface area contributed by atoms with Crippen molar-refractivity contribution < 1.29 is 5.21 Å². The Morgan fingerprint density at radius 1 is 1.08 bits per heavy atom. The Balaban J connectivity index is 1.69. The van der Waals surface area contributed by atoms with E-state index in [1.54, 1.807) is 6.20 Å². The van der Waals surface area contributed by atoms with Crippen LogP contribution in [0.4, 0.5) is 28.8 Å². The Morgan fingerprint density at radius 2 is 1.77 bits per heavy atom. The first-order valence-electron chi connectivity index (χ1n) is 8.89. The maximum absolute atomic E-state index is 9.18. The zero-order valence-corrected chi connectivity index (χ0v) is 15.5. The molecular formula is C18H27N7O. The van der Waals surface area contributed by atoms with Gasteiger partial charge in [0, 0.05) is 43.6 Å². The van der Waals surface area contributed by atoms with Crippen LogP contribution in [0.3, 0.4) is 0 Å². The predicted octanol–water partition coefficient (Wildman–Crippen LogP) is 2.59. The van der Waals surface area contributed by atoms with Gasteiger partial charge in [0.25, 0.3) is 0 Å². The summed E-state index contributed by atoms with van der Waals surface area (Å²) >= 11 is 0. The molecule has 2 heterocycles. The summed E-state index contributed by atoms with van der Waals surface area (Å²) in [5, 5.41) is 15.6. The van der Waals surface area contributed by atoms with Gasteiger partial charge in [-0.3, -0.25) is 10.7 Å². The second-order valence-electron chi connectivity index (χ2n) is 6.83. The van der Waals surface area contributed by atoms with Gasteiger partial charge in [0.05, 0.1) is 6.20 Å². The van der Waals surface area contributed by atoms with Crippen molar-refractivity contribution in [3.05, 3.63) is 30.5 Å². The van der Waals surface area contributed by atoms with Crippen molar-refractivity contribution in [1.29, 1.82) is 0 Å². The van der Waals surface area contributed by atoms with E-state index in [1.165, 1.54) is 5.69 Å². The standard InChI is InChI=1S/C18H27N7O/c1-13(2)20-17-16(23-26)12-19-18(22-17)21-14-4-6-15(7-5-14)25-10-8-24(3)9-11-25/h4-7,12-13,23,26H,8-11H2,1-3H3,(H2,19,20,21,22). The molecule has 26 heavy (non-hydrogen) atoms. The summed E-state index contributed by atoms with van der Waals surface area (Å²) in [6.45, 7) is 8.29. The van der Waals surface area contributed by atoms with Crippen LogP contribution in [0.25, 0.3) is 0 Å². The molecule has 8 nitrogen and oxygen atoms in total. The first-order chi connectivity index (χ1) is 12.5. The lowest BCUT2D eigenvalue weighted by atomic mass is 10.2. The second-order valence-corrected chi connectivity index (χ2v) is 6.83. The summed E-state index contributed by atoms with van der Waals surface area (Å²) in [4.78, 5) is 13.4. The molecule has 0 spiro atoms. The molecule has 4 N–H and O–H groups in total. The van der Waals surface area contributed by atoms with Gasteiger partial charge in [0.2, 0.25) is 5.95 Å². The van der Waals surface area contributed by atoms with Gasteiger partial charge < -0.3 is 20.4 Å². The highest BCUT2D eigenvalue weighted by Gasteiger charge is 2.14. The monoisotopic (exact) mass is 357 g/mol. The van der Waals surface area contributed by atoms with Crippen molar-refractivity contribution in [1.82, 2.24) is 14.9 Å². The fraction of sp³-hybridized carbons (Fsp3) is 0.444. The van der Waals surface area contributed by atoms with E-state index in [0.717, 1.165) is 31.9 Å². The Bertz CT molecular complexity index is 712. The van der Waals surface area contributed by atoms with Crippen molar-refractivity contribution in [2.24, 2.45) is 0 Å². The van der Waals surface area contributed by atoms with Gasteiger partial charge in [-0.15, -0.1) is 0 Å². The number of hydrogen-bond acceptors (Lipinski definition) is 8. The van der Waals surface area contributed by atoms with Crippen LogP contribution in [0.2, 0.25) is 0 Å². The number of benzene rings is 1. The summed E-state index contributed by atoms with van der Waals surface area (Å²) in [6.07, 6.45) is 1.54. The second kappa shape index (κ2) is 8.20. The number of anilines is 5. The summed E-state index contributed by atoms with van der Waals surface area (Å²) in [6, 6.07) is 8.48. The number of likely N-dealkylation sites (N-methyl/N-ethyl adjacent to an activating group) is 1. The van der Waals surface area contributed by atoms with Gasteiger partial charge in [-0.25, -0.2) is 4.98 Å². The molecule has 1 aliphatic rings. The average Bonchev–Trinajstić information content (AvgIpc) is 2.63. The lowest BCUT2D eigenvalue weighted by molar-refractivity contribution is 0.313. The summed E-state index contributed by atoms with van der Waals surface area (Å²) in [7, 11) is 2.16. The van der Waals surface area contributed by atoms with Crippen LogP contribution in [0, 0.1) is 0 Å². The minimum Gasteiger partial charge on any atom is -0.369 e. The fourth-order valence-corrected chi connectivity index (χ4v) is 2.86. The normalized spacial score (nSPS) is 15.2. The van der Waals surface area contributed by atoms with E-state index in [9.17, 15) is 5.21 Å². The third-order valence-electron chi connectivity index (χ3n) is 4.33. The average molecular weight is 357 g/mol. The molecule has 140 valence electrons. The Kier molecular flexibility index (Phi) is 5.75. The molecule has 3 rings (SSSR count). The van der Waals surface area contributed by atoms with Crippen molar-refractivity contribution in [2.75, 3.05) is 54.2 Å². The SMILES string of the molecule is CC(C)Nc1nc(Nc2ccc(N3CCN(C)CC3)cc2)ncc1NO. The highest BCUT2D eigenvalue weighted by molar-refractivity contribution is 5.66. The Labute approximate surface area is 154 Å². The first kappa shape index (κ1) is 18.2. The van der Waals surface area contributed by atoms with E-state index in [1.807, 2.05) is 26.0 Å². The van der Waals surface area contributed by atoms with Crippen molar-refractivity contribution in [3.8, 4) is 0 Å². The molecule has 0 amide bonds. The number of aromatic nitrogens is 2. The van der Waals surface area contributed by atoms with Gasteiger partial charge >= 0.3 is 0 Å². The van der Waals surface area contributed by atoms with E-state index in [0.29, 0.717) is 17.5 Å². The predicted molar refractivity (Wildman–Crippen MR) is 106 cm³/mol. The molecule has 0 aliphatic carbocycles. The lowest BCUT2D eigenvalue weighted by Gasteiger charge is -2.34. The largest absolute Gasteiger partial charge is 0.369 e. The maximum atomic E-state index is 9.18. The van der Waals surface area contributed by atoms with Crippen molar-refractivity contribution in [3.63, 3.8) is 0 Å². The fourth-order valence-electron chi connectivity index (χ4n) is 2.86. The molecule has 1 aliphatic heterocycles. The Hall–Kier alpha value is -2.58. The van der Waals surface area contributed by atoms with E-state index in [2.05, 4.69) is 55.1 Å². The highest BCUT2D eigenvalue weighted by Crippen LogP contribution is 2.24. The number of hydrogen-bond donors (Lipinski definition) is 4. The van der Waals surface area contributed by atoms with Crippen LogP contribution in [-0.4, -0.2) is 59.3 Å². The van der Waals surface area contributed by atoms with Gasteiger partial charge in [-0.1, -0.05) is 0 Å². The molecule has 1 aromatic carbocycles. The molecular weight excluding hydrogens is 330 g/mol.